The summed E-state index contributed by atoms with van der Waals surface area (Å²) in [6.45, 7) is 0. The first kappa shape index (κ1) is 23.2. The first-order valence-corrected chi connectivity index (χ1v) is 10.2. The monoisotopic (exact) mass is 436 g/mol. The molecule has 30 heavy (non-hydrogen) atoms. The minimum atomic E-state index is -4.67. The van der Waals surface area contributed by atoms with Crippen LogP contribution in [0.25, 0.3) is 0 Å². The lowest BCUT2D eigenvalue weighted by molar-refractivity contribution is -0.169. The number of rotatable bonds is 9. The lowest BCUT2D eigenvalue weighted by atomic mass is 9.76. The van der Waals surface area contributed by atoms with Crippen LogP contribution in [-0.2, 0) is 42.2 Å². The fourth-order valence-electron chi connectivity index (χ4n) is 3.14. The molecule has 2 rings (SSSR count). The quantitative estimate of drug-likeness (QED) is 0.357. The van der Waals surface area contributed by atoms with Gasteiger partial charge in [0.1, 0.15) is 5.75 Å². The number of carbonyl (C=O) groups excluding carboxylic acids is 2. The molecule has 0 aliphatic heterocycles. The van der Waals surface area contributed by atoms with Crippen LogP contribution >= 0.6 is 0 Å². The lowest BCUT2D eigenvalue weighted by Crippen LogP contribution is -2.45. The predicted octanol–water partition coefficient (Wildman–Crippen LogP) is 1.68. The first-order chi connectivity index (χ1) is 14.1. The minimum absolute atomic E-state index is 0.0154. The van der Waals surface area contributed by atoms with Gasteiger partial charge in [-0.3, -0.25) is 14.3 Å². The molecular weight excluding hydrogens is 414 g/mol. The Morgan fingerprint density at radius 2 is 1.50 bits per heavy atom. The summed E-state index contributed by atoms with van der Waals surface area (Å²) in [5.41, 5.74) is -0.443. The number of anilines is 1. The SMILES string of the molecule is COC(=O)C(Cc1ccc(NS(=O)(=O)[O-])cc1)(Cc1cccc(OC)c1)C(=O)OC. The number of esters is 2. The number of ether oxygens (including phenoxy) is 3. The van der Waals surface area contributed by atoms with Crippen LogP contribution < -0.4 is 9.46 Å². The van der Waals surface area contributed by atoms with E-state index in [1.807, 2.05) is 4.72 Å². The van der Waals surface area contributed by atoms with Gasteiger partial charge in [0.25, 0.3) is 0 Å². The van der Waals surface area contributed by atoms with Crippen LogP contribution in [0.5, 0.6) is 5.75 Å². The van der Waals surface area contributed by atoms with Crippen molar-refractivity contribution >= 4 is 27.9 Å². The lowest BCUT2D eigenvalue weighted by Gasteiger charge is -2.28. The van der Waals surface area contributed by atoms with Gasteiger partial charge in [-0.15, -0.1) is 0 Å². The second kappa shape index (κ2) is 9.59. The summed E-state index contributed by atoms with van der Waals surface area (Å²) < 4.78 is 49.3. The summed E-state index contributed by atoms with van der Waals surface area (Å²) >= 11 is 0. The van der Waals surface area contributed by atoms with Crippen LogP contribution in [-0.4, -0.2) is 46.2 Å². The highest BCUT2D eigenvalue weighted by molar-refractivity contribution is 7.87. The van der Waals surface area contributed by atoms with Crippen molar-refractivity contribution < 1.29 is 36.8 Å². The number of benzene rings is 2. The van der Waals surface area contributed by atoms with E-state index in [9.17, 15) is 22.6 Å². The third-order valence-corrected chi connectivity index (χ3v) is 4.98. The van der Waals surface area contributed by atoms with Crippen molar-refractivity contribution in [1.29, 1.82) is 0 Å². The topological polar surface area (TPSA) is 131 Å². The summed E-state index contributed by atoms with van der Waals surface area (Å²) in [5, 5.41) is 0. The molecule has 0 bridgehead atoms. The molecule has 2 aromatic rings. The van der Waals surface area contributed by atoms with Crippen molar-refractivity contribution in [3.05, 3.63) is 59.7 Å². The van der Waals surface area contributed by atoms with Gasteiger partial charge in [0, 0.05) is 5.69 Å². The molecule has 0 amide bonds. The molecule has 162 valence electrons. The van der Waals surface area contributed by atoms with E-state index >= 15 is 0 Å². The van der Waals surface area contributed by atoms with Gasteiger partial charge in [0.05, 0.1) is 21.3 Å². The van der Waals surface area contributed by atoms with Crippen LogP contribution in [0, 0.1) is 5.41 Å². The van der Waals surface area contributed by atoms with Gasteiger partial charge in [-0.1, -0.05) is 24.3 Å². The van der Waals surface area contributed by atoms with Crippen molar-refractivity contribution in [2.45, 2.75) is 12.8 Å². The average Bonchev–Trinajstić information content (AvgIpc) is 2.72. The van der Waals surface area contributed by atoms with Crippen molar-refractivity contribution in [3.8, 4) is 5.75 Å². The van der Waals surface area contributed by atoms with Gasteiger partial charge in [-0.2, -0.15) is 0 Å². The minimum Gasteiger partial charge on any atom is -0.731 e. The normalized spacial score (nSPS) is 11.5. The molecule has 1 N–H and O–H groups in total. The van der Waals surface area contributed by atoms with Crippen molar-refractivity contribution in [2.75, 3.05) is 26.1 Å². The smallest absolute Gasteiger partial charge is 0.323 e. The van der Waals surface area contributed by atoms with Crippen LogP contribution in [0.15, 0.2) is 48.5 Å². The molecule has 0 aliphatic carbocycles. The van der Waals surface area contributed by atoms with Crippen molar-refractivity contribution in [2.24, 2.45) is 5.41 Å². The molecule has 0 aromatic heterocycles. The van der Waals surface area contributed by atoms with Crippen molar-refractivity contribution in [3.63, 3.8) is 0 Å². The predicted molar refractivity (Wildman–Crippen MR) is 107 cm³/mol. The van der Waals surface area contributed by atoms with Crippen LogP contribution in [0.4, 0.5) is 5.69 Å². The summed E-state index contributed by atoms with van der Waals surface area (Å²) in [7, 11) is -0.806. The molecule has 0 radical (unpaired) electrons. The van der Waals surface area contributed by atoms with E-state index in [1.165, 1.54) is 45.6 Å². The van der Waals surface area contributed by atoms with Crippen LogP contribution in [0.2, 0.25) is 0 Å². The second-order valence-corrected chi connectivity index (χ2v) is 7.64. The molecule has 0 unspecified atom stereocenters. The number of methoxy groups -OCH3 is 3. The Hall–Kier alpha value is -3.11. The zero-order valence-electron chi connectivity index (χ0n) is 16.7. The Bertz CT molecular complexity index is 986. The van der Waals surface area contributed by atoms with E-state index in [0.29, 0.717) is 16.9 Å². The van der Waals surface area contributed by atoms with E-state index in [0.717, 1.165) is 0 Å². The maximum Gasteiger partial charge on any atom is 0.323 e. The first-order valence-electron chi connectivity index (χ1n) is 8.76. The van der Waals surface area contributed by atoms with Gasteiger partial charge in [-0.05, 0) is 48.2 Å². The van der Waals surface area contributed by atoms with E-state index in [-0.39, 0.29) is 18.5 Å². The van der Waals surface area contributed by atoms with E-state index in [4.69, 9.17) is 14.2 Å². The largest absolute Gasteiger partial charge is 0.731 e. The highest BCUT2D eigenvalue weighted by atomic mass is 32.2. The summed E-state index contributed by atoms with van der Waals surface area (Å²) in [4.78, 5) is 25.5. The Labute approximate surface area is 174 Å². The Kier molecular flexibility index (Phi) is 7.41. The standard InChI is InChI=1S/C20H23NO8S/c1-27-17-6-4-5-15(11-17)13-20(18(22)28-2,19(23)29-3)12-14-7-9-16(10-8-14)21-30(24,25)26/h4-11,21H,12-13H2,1-3H3,(H,24,25,26)/p-1. The molecule has 0 atom stereocenters. The summed E-state index contributed by atoms with van der Waals surface area (Å²) in [6, 6.07) is 12.6. The summed E-state index contributed by atoms with van der Waals surface area (Å²) in [5.74, 6) is -0.992. The molecule has 9 nitrogen and oxygen atoms in total. The third kappa shape index (κ3) is 5.71. The van der Waals surface area contributed by atoms with Crippen LogP contribution in [0.3, 0.4) is 0 Å². The Morgan fingerprint density at radius 3 is 2.00 bits per heavy atom. The third-order valence-electron chi connectivity index (χ3n) is 4.50. The molecule has 0 spiro atoms. The highest BCUT2D eigenvalue weighted by Crippen LogP contribution is 2.33. The fourth-order valence-corrected chi connectivity index (χ4v) is 3.56. The van der Waals surface area contributed by atoms with Gasteiger partial charge < -0.3 is 18.8 Å². The number of carbonyl (C=O) groups is 2. The highest BCUT2D eigenvalue weighted by Gasteiger charge is 2.48. The molecule has 0 heterocycles. The Balaban J connectivity index is 2.44. The zero-order chi connectivity index (χ0) is 22.4. The second-order valence-electron chi connectivity index (χ2n) is 6.52. The maximum absolute atomic E-state index is 12.8. The fraction of sp³-hybridized carbons (Fsp3) is 0.300. The van der Waals surface area contributed by atoms with Crippen LogP contribution in [0.1, 0.15) is 11.1 Å². The van der Waals surface area contributed by atoms with E-state index in [2.05, 4.69) is 0 Å². The molecular formula is C20H22NO8S-. The number of nitrogens with one attached hydrogen (secondary N) is 1. The zero-order valence-corrected chi connectivity index (χ0v) is 17.5. The van der Waals surface area contributed by atoms with Gasteiger partial charge in [0.15, 0.2) is 15.7 Å². The van der Waals surface area contributed by atoms with E-state index < -0.39 is 27.7 Å². The maximum atomic E-state index is 12.8. The van der Waals surface area contributed by atoms with Gasteiger partial charge in [-0.25, -0.2) is 8.42 Å². The van der Waals surface area contributed by atoms with Gasteiger partial charge in [0.2, 0.25) is 0 Å². The average molecular weight is 436 g/mol. The molecule has 2 aromatic carbocycles. The summed E-state index contributed by atoms with van der Waals surface area (Å²) in [6.07, 6.45) is -0.0908. The molecule has 0 saturated heterocycles. The van der Waals surface area contributed by atoms with Gasteiger partial charge >= 0.3 is 11.9 Å². The number of hydrogen-bond donors (Lipinski definition) is 1. The molecule has 0 aliphatic rings. The number of hydrogen-bond acceptors (Lipinski definition) is 8. The van der Waals surface area contributed by atoms with Crippen molar-refractivity contribution in [1.82, 2.24) is 0 Å². The Morgan fingerprint density at radius 1 is 0.933 bits per heavy atom. The molecule has 10 heteroatoms. The van der Waals surface area contributed by atoms with E-state index in [1.54, 1.807) is 24.3 Å². The molecule has 0 fully saturated rings. The molecule has 0 saturated carbocycles.